The Kier molecular flexibility index (Phi) is 4.89. The summed E-state index contributed by atoms with van der Waals surface area (Å²) in [5.74, 6) is -0.492. The zero-order valence-corrected chi connectivity index (χ0v) is 9.96. The fourth-order valence-electron chi connectivity index (χ4n) is 1.67. The standard InChI is InChI=1S/C10H19NO3S/c1-6(8(5-12)15-2)11-9(10(13)14)7-3-4-7/h6-9,11-12H,3-5H2,1-2H3,(H,13,14). The number of thioether (sulfide) groups is 1. The highest BCUT2D eigenvalue weighted by Crippen LogP contribution is 2.33. The Morgan fingerprint density at radius 1 is 1.60 bits per heavy atom. The molecule has 0 amide bonds. The average Bonchev–Trinajstić information content (AvgIpc) is 2.99. The third-order valence-corrected chi connectivity index (χ3v) is 4.01. The maximum absolute atomic E-state index is 11.0. The fourth-order valence-corrected chi connectivity index (χ4v) is 2.30. The quantitative estimate of drug-likeness (QED) is 0.599. The van der Waals surface area contributed by atoms with Crippen LogP contribution in [0.25, 0.3) is 0 Å². The molecule has 0 aromatic heterocycles. The maximum Gasteiger partial charge on any atom is 0.320 e. The molecule has 0 aromatic rings. The van der Waals surface area contributed by atoms with Crippen molar-refractivity contribution in [2.24, 2.45) is 5.92 Å². The van der Waals surface area contributed by atoms with Crippen LogP contribution < -0.4 is 5.32 Å². The lowest BCUT2D eigenvalue weighted by Crippen LogP contribution is -2.48. The van der Waals surface area contributed by atoms with E-state index in [1.54, 1.807) is 11.8 Å². The van der Waals surface area contributed by atoms with Gasteiger partial charge >= 0.3 is 5.97 Å². The van der Waals surface area contributed by atoms with Gasteiger partial charge in [0, 0.05) is 11.3 Å². The Labute approximate surface area is 94.4 Å². The van der Waals surface area contributed by atoms with Gasteiger partial charge < -0.3 is 15.5 Å². The van der Waals surface area contributed by atoms with Gasteiger partial charge in [0.25, 0.3) is 0 Å². The van der Waals surface area contributed by atoms with Crippen molar-refractivity contribution in [2.45, 2.75) is 37.1 Å². The van der Waals surface area contributed by atoms with Crippen LogP contribution in [0.1, 0.15) is 19.8 Å². The summed E-state index contributed by atoms with van der Waals surface area (Å²) in [5.41, 5.74) is 0. The molecule has 0 aromatic carbocycles. The molecule has 1 saturated carbocycles. The van der Waals surface area contributed by atoms with Crippen LogP contribution in [0.2, 0.25) is 0 Å². The number of hydrogen-bond donors (Lipinski definition) is 3. The lowest BCUT2D eigenvalue weighted by molar-refractivity contribution is -0.140. The summed E-state index contributed by atoms with van der Waals surface area (Å²) in [6.07, 6.45) is 3.92. The Bertz CT molecular complexity index is 217. The lowest BCUT2D eigenvalue weighted by Gasteiger charge is -2.25. The van der Waals surface area contributed by atoms with Crippen LogP contribution in [0.4, 0.5) is 0 Å². The molecule has 3 unspecified atom stereocenters. The van der Waals surface area contributed by atoms with E-state index in [1.807, 2.05) is 13.2 Å². The normalized spacial score (nSPS) is 22.1. The van der Waals surface area contributed by atoms with Crippen LogP contribution in [0.5, 0.6) is 0 Å². The molecule has 1 rings (SSSR count). The molecule has 0 aliphatic heterocycles. The molecular formula is C10H19NO3S. The molecule has 4 nitrogen and oxygen atoms in total. The van der Waals surface area contributed by atoms with E-state index in [1.165, 1.54) is 0 Å². The van der Waals surface area contributed by atoms with Crippen molar-refractivity contribution >= 4 is 17.7 Å². The van der Waals surface area contributed by atoms with Gasteiger partial charge in [-0.15, -0.1) is 0 Å². The first-order chi connectivity index (χ1) is 7.10. The van der Waals surface area contributed by atoms with E-state index >= 15 is 0 Å². The number of nitrogens with one attached hydrogen (secondary N) is 1. The summed E-state index contributed by atoms with van der Waals surface area (Å²) in [6, 6.07) is -0.423. The topological polar surface area (TPSA) is 69.6 Å². The SMILES string of the molecule is CSC(CO)C(C)NC(C(=O)O)C1CC1. The molecule has 5 heteroatoms. The van der Waals surface area contributed by atoms with Crippen molar-refractivity contribution in [3.63, 3.8) is 0 Å². The third kappa shape index (κ3) is 3.66. The van der Waals surface area contributed by atoms with Crippen LogP contribution in [0.3, 0.4) is 0 Å². The predicted molar refractivity (Wildman–Crippen MR) is 61.1 cm³/mol. The molecule has 0 heterocycles. The summed E-state index contributed by atoms with van der Waals surface area (Å²) in [4.78, 5) is 11.0. The first-order valence-electron chi connectivity index (χ1n) is 5.22. The number of rotatable bonds is 7. The van der Waals surface area contributed by atoms with Gasteiger partial charge in [0.05, 0.1) is 6.61 Å². The third-order valence-electron chi connectivity index (χ3n) is 2.84. The summed E-state index contributed by atoms with van der Waals surface area (Å²) >= 11 is 1.56. The van der Waals surface area contributed by atoms with E-state index in [4.69, 9.17) is 10.2 Å². The molecule has 0 radical (unpaired) electrons. The largest absolute Gasteiger partial charge is 0.480 e. The van der Waals surface area contributed by atoms with Crippen LogP contribution in [0, 0.1) is 5.92 Å². The molecule has 1 fully saturated rings. The van der Waals surface area contributed by atoms with Gasteiger partial charge in [-0.3, -0.25) is 4.79 Å². The molecule has 15 heavy (non-hydrogen) atoms. The van der Waals surface area contributed by atoms with Gasteiger partial charge in [-0.1, -0.05) is 0 Å². The number of carbonyl (C=O) groups is 1. The second kappa shape index (κ2) is 5.72. The van der Waals surface area contributed by atoms with Crippen molar-refractivity contribution in [3.8, 4) is 0 Å². The van der Waals surface area contributed by atoms with Gasteiger partial charge in [-0.05, 0) is 31.9 Å². The minimum Gasteiger partial charge on any atom is -0.480 e. The van der Waals surface area contributed by atoms with Crippen LogP contribution in [-0.4, -0.2) is 46.4 Å². The first-order valence-corrected chi connectivity index (χ1v) is 6.51. The van der Waals surface area contributed by atoms with E-state index < -0.39 is 12.0 Å². The van der Waals surface area contributed by atoms with Crippen molar-refractivity contribution < 1.29 is 15.0 Å². The minimum atomic E-state index is -0.776. The number of carboxylic acid groups (broad SMARTS) is 1. The van der Waals surface area contributed by atoms with E-state index in [2.05, 4.69) is 5.32 Å². The first kappa shape index (κ1) is 12.8. The zero-order valence-electron chi connectivity index (χ0n) is 9.14. The highest BCUT2D eigenvalue weighted by atomic mass is 32.2. The summed E-state index contributed by atoms with van der Waals surface area (Å²) in [6.45, 7) is 2.00. The van der Waals surface area contributed by atoms with E-state index in [0.29, 0.717) is 0 Å². The number of aliphatic hydroxyl groups is 1. The van der Waals surface area contributed by atoms with Gasteiger partial charge in [-0.25, -0.2) is 0 Å². The van der Waals surface area contributed by atoms with Gasteiger partial charge in [0.1, 0.15) is 6.04 Å². The number of aliphatic hydroxyl groups excluding tert-OH is 1. The maximum atomic E-state index is 11.0. The van der Waals surface area contributed by atoms with Gasteiger partial charge in [-0.2, -0.15) is 11.8 Å². The Morgan fingerprint density at radius 3 is 2.53 bits per heavy atom. The molecular weight excluding hydrogens is 214 g/mol. The molecule has 88 valence electrons. The number of hydrogen-bond acceptors (Lipinski definition) is 4. The molecule has 1 aliphatic carbocycles. The Morgan fingerprint density at radius 2 is 2.20 bits per heavy atom. The van der Waals surface area contributed by atoms with Crippen molar-refractivity contribution in [1.29, 1.82) is 0 Å². The van der Waals surface area contributed by atoms with E-state index in [0.717, 1.165) is 12.8 Å². The van der Waals surface area contributed by atoms with E-state index in [9.17, 15) is 4.79 Å². The smallest absolute Gasteiger partial charge is 0.320 e. The Balaban J connectivity index is 2.45. The lowest BCUT2D eigenvalue weighted by atomic mass is 10.1. The van der Waals surface area contributed by atoms with Crippen LogP contribution in [0.15, 0.2) is 0 Å². The summed E-state index contributed by atoms with van der Waals surface area (Å²) in [5, 5.41) is 21.3. The summed E-state index contributed by atoms with van der Waals surface area (Å²) in [7, 11) is 0. The number of aliphatic carboxylic acids is 1. The van der Waals surface area contributed by atoms with Gasteiger partial charge in [0.2, 0.25) is 0 Å². The highest BCUT2D eigenvalue weighted by Gasteiger charge is 2.37. The highest BCUT2D eigenvalue weighted by molar-refractivity contribution is 7.99. The second-order valence-corrected chi connectivity index (χ2v) is 5.14. The summed E-state index contributed by atoms with van der Waals surface area (Å²) < 4.78 is 0. The Hall–Kier alpha value is -0.260. The molecule has 3 N–H and O–H groups in total. The molecule has 3 atom stereocenters. The molecule has 0 saturated heterocycles. The van der Waals surface area contributed by atoms with Gasteiger partial charge in [0.15, 0.2) is 0 Å². The van der Waals surface area contributed by atoms with Crippen molar-refractivity contribution in [2.75, 3.05) is 12.9 Å². The molecule has 1 aliphatic rings. The van der Waals surface area contributed by atoms with E-state index in [-0.39, 0.29) is 23.8 Å². The average molecular weight is 233 g/mol. The number of carboxylic acids is 1. The predicted octanol–water partition coefficient (Wildman–Crippen LogP) is 0.552. The monoisotopic (exact) mass is 233 g/mol. The van der Waals surface area contributed by atoms with Crippen LogP contribution in [-0.2, 0) is 4.79 Å². The van der Waals surface area contributed by atoms with Crippen molar-refractivity contribution in [3.05, 3.63) is 0 Å². The minimum absolute atomic E-state index is 0.0201. The fraction of sp³-hybridized carbons (Fsp3) is 0.900. The second-order valence-electron chi connectivity index (χ2n) is 4.07. The zero-order chi connectivity index (χ0) is 11.4. The molecule has 0 spiro atoms. The van der Waals surface area contributed by atoms with Crippen LogP contribution >= 0.6 is 11.8 Å². The molecule has 0 bridgehead atoms. The van der Waals surface area contributed by atoms with Crippen molar-refractivity contribution in [1.82, 2.24) is 5.32 Å².